The van der Waals surface area contributed by atoms with Gasteiger partial charge in [-0.05, 0) is 86.8 Å². The third-order valence-electron chi connectivity index (χ3n) is 4.71. The average molecular weight is 266 g/mol. The van der Waals surface area contributed by atoms with Crippen LogP contribution in [0.25, 0.3) is 12.2 Å². The topological polar surface area (TPSA) is 31.6 Å². The molecule has 2 heteroatoms. The fraction of sp³-hybridized carbons (Fsp3) is 0.444. The largest absolute Gasteiger partial charge is 0.359 e. The molecule has 2 nitrogen and oxygen atoms in total. The predicted octanol–water partition coefficient (Wildman–Crippen LogP) is 4.27. The number of nitrogens with one attached hydrogen (secondary N) is 2. The van der Waals surface area contributed by atoms with E-state index in [1.807, 2.05) is 0 Å². The zero-order valence-corrected chi connectivity index (χ0v) is 12.0. The van der Waals surface area contributed by atoms with E-state index in [2.05, 4.69) is 34.3 Å². The van der Waals surface area contributed by atoms with Crippen molar-refractivity contribution >= 4 is 12.2 Å². The lowest BCUT2D eigenvalue weighted by Gasteiger charge is -2.08. The maximum atomic E-state index is 3.56. The lowest BCUT2D eigenvalue weighted by molar-refractivity contribution is 0.677. The molecule has 0 radical (unpaired) electrons. The number of aromatic nitrogens is 2. The molecule has 0 aromatic carbocycles. The smallest absolute Gasteiger partial charge is 0.0386 e. The second kappa shape index (κ2) is 5.01. The molecule has 0 saturated heterocycles. The maximum absolute atomic E-state index is 3.56. The van der Waals surface area contributed by atoms with Crippen LogP contribution in [0.4, 0.5) is 0 Å². The molecule has 2 aromatic rings. The van der Waals surface area contributed by atoms with Crippen molar-refractivity contribution in [2.45, 2.75) is 51.4 Å². The molecule has 0 spiro atoms. The molecule has 0 aliphatic heterocycles. The van der Waals surface area contributed by atoms with Gasteiger partial charge in [0.1, 0.15) is 0 Å². The summed E-state index contributed by atoms with van der Waals surface area (Å²) < 4.78 is 0. The molecule has 2 heterocycles. The number of hydrogen-bond acceptors (Lipinski definition) is 0. The van der Waals surface area contributed by atoms with Crippen LogP contribution in [-0.4, -0.2) is 9.97 Å². The highest BCUT2D eigenvalue weighted by atomic mass is 14.7. The van der Waals surface area contributed by atoms with E-state index >= 15 is 0 Å². The minimum Gasteiger partial charge on any atom is -0.359 e. The molecule has 2 aromatic heterocycles. The zero-order valence-electron chi connectivity index (χ0n) is 12.0. The molecule has 0 bridgehead atoms. The van der Waals surface area contributed by atoms with Crippen molar-refractivity contribution in [3.8, 4) is 0 Å². The summed E-state index contributed by atoms with van der Waals surface area (Å²) in [5.41, 5.74) is 8.49. The molecular weight excluding hydrogens is 244 g/mol. The molecule has 4 rings (SSSR count). The number of aromatic amines is 2. The fourth-order valence-electron chi connectivity index (χ4n) is 3.62. The Labute approximate surface area is 120 Å². The van der Waals surface area contributed by atoms with Crippen molar-refractivity contribution in [3.63, 3.8) is 0 Å². The molecule has 2 aliphatic rings. The quantitative estimate of drug-likeness (QED) is 0.813. The lowest BCUT2D eigenvalue weighted by atomic mass is 9.98. The molecule has 2 N–H and O–H groups in total. The van der Waals surface area contributed by atoms with Crippen molar-refractivity contribution in [3.05, 3.63) is 46.0 Å². The third-order valence-corrected chi connectivity index (χ3v) is 4.71. The first kappa shape index (κ1) is 12.1. The second-order valence-electron chi connectivity index (χ2n) is 6.20. The van der Waals surface area contributed by atoms with Gasteiger partial charge in [0.25, 0.3) is 0 Å². The van der Waals surface area contributed by atoms with E-state index in [1.54, 1.807) is 0 Å². The number of hydrogen-bond donors (Lipinski definition) is 2. The lowest BCUT2D eigenvalue weighted by Crippen LogP contribution is -1.99. The number of fused-ring (bicyclic) bond motifs is 2. The van der Waals surface area contributed by atoms with Crippen molar-refractivity contribution in [1.29, 1.82) is 0 Å². The zero-order chi connectivity index (χ0) is 13.4. The summed E-state index contributed by atoms with van der Waals surface area (Å²) in [6, 6.07) is 4.65. The molecule has 0 atom stereocenters. The number of rotatable bonds is 2. The molecular formula is C18H22N2. The van der Waals surface area contributed by atoms with E-state index in [4.69, 9.17) is 0 Å². The van der Waals surface area contributed by atoms with Gasteiger partial charge < -0.3 is 9.97 Å². The van der Waals surface area contributed by atoms with E-state index < -0.39 is 0 Å². The van der Waals surface area contributed by atoms with E-state index in [9.17, 15) is 0 Å². The molecule has 0 amide bonds. The molecule has 0 saturated carbocycles. The Bertz CT molecular complexity index is 539. The predicted molar refractivity (Wildman–Crippen MR) is 83.8 cm³/mol. The molecule has 0 unspecified atom stereocenters. The van der Waals surface area contributed by atoms with Crippen LogP contribution in [0.5, 0.6) is 0 Å². The Kier molecular flexibility index (Phi) is 3.02. The van der Waals surface area contributed by atoms with Crippen LogP contribution < -0.4 is 0 Å². The summed E-state index contributed by atoms with van der Waals surface area (Å²) in [6.07, 6.45) is 14.7. The van der Waals surface area contributed by atoms with Gasteiger partial charge in [-0.15, -0.1) is 0 Å². The van der Waals surface area contributed by atoms with Crippen molar-refractivity contribution in [2.24, 2.45) is 0 Å². The van der Waals surface area contributed by atoms with Gasteiger partial charge in [-0.1, -0.05) is 0 Å². The summed E-state index contributed by atoms with van der Waals surface area (Å²) in [7, 11) is 0. The highest BCUT2D eigenvalue weighted by Gasteiger charge is 2.12. The van der Waals surface area contributed by atoms with Crippen LogP contribution in [0.3, 0.4) is 0 Å². The summed E-state index contributed by atoms with van der Waals surface area (Å²) >= 11 is 0. The van der Waals surface area contributed by atoms with Crippen LogP contribution >= 0.6 is 0 Å². The normalized spacial score (nSPS) is 18.2. The minimum absolute atomic E-state index is 1.22. The summed E-state index contributed by atoms with van der Waals surface area (Å²) in [5, 5.41) is 0. The Morgan fingerprint density at radius 2 is 1.10 bits per heavy atom. The Morgan fingerprint density at radius 1 is 0.650 bits per heavy atom. The van der Waals surface area contributed by atoms with Crippen LogP contribution in [0.1, 0.15) is 59.6 Å². The molecule has 2 aliphatic carbocycles. The summed E-state index contributed by atoms with van der Waals surface area (Å²) in [6.45, 7) is 0. The summed E-state index contributed by atoms with van der Waals surface area (Å²) in [5.74, 6) is 0. The Morgan fingerprint density at radius 3 is 1.55 bits per heavy atom. The first-order chi connectivity index (χ1) is 9.88. The van der Waals surface area contributed by atoms with Gasteiger partial charge in [-0.2, -0.15) is 0 Å². The van der Waals surface area contributed by atoms with Crippen LogP contribution in [-0.2, 0) is 25.7 Å². The van der Waals surface area contributed by atoms with Crippen LogP contribution in [0.2, 0.25) is 0 Å². The first-order valence-corrected chi connectivity index (χ1v) is 7.98. The molecule has 0 fully saturated rings. The van der Waals surface area contributed by atoms with Crippen molar-refractivity contribution in [1.82, 2.24) is 9.97 Å². The number of aryl methyl sites for hydroxylation is 4. The van der Waals surface area contributed by atoms with E-state index in [0.717, 1.165) is 0 Å². The van der Waals surface area contributed by atoms with Gasteiger partial charge in [0.05, 0.1) is 0 Å². The van der Waals surface area contributed by atoms with Crippen molar-refractivity contribution < 1.29 is 0 Å². The molecule has 104 valence electrons. The average Bonchev–Trinajstić information content (AvgIpc) is 3.07. The van der Waals surface area contributed by atoms with E-state index in [0.29, 0.717) is 0 Å². The SMILES string of the molecule is C(=Cc1cc2c([nH]1)CCCC2)c1cc2c([nH]1)CCCC2. The highest BCUT2D eigenvalue weighted by Crippen LogP contribution is 2.24. The monoisotopic (exact) mass is 266 g/mol. The summed E-state index contributed by atoms with van der Waals surface area (Å²) in [4.78, 5) is 7.13. The third kappa shape index (κ3) is 2.24. The van der Waals surface area contributed by atoms with Crippen LogP contribution in [0, 0.1) is 0 Å². The van der Waals surface area contributed by atoms with E-state index in [-0.39, 0.29) is 0 Å². The van der Waals surface area contributed by atoms with Crippen LogP contribution in [0.15, 0.2) is 12.1 Å². The highest BCUT2D eigenvalue weighted by molar-refractivity contribution is 5.68. The molecule has 20 heavy (non-hydrogen) atoms. The van der Waals surface area contributed by atoms with Gasteiger partial charge >= 0.3 is 0 Å². The second-order valence-corrected chi connectivity index (χ2v) is 6.20. The van der Waals surface area contributed by atoms with Gasteiger partial charge in [0, 0.05) is 22.8 Å². The van der Waals surface area contributed by atoms with E-state index in [1.165, 1.54) is 85.3 Å². The number of H-pyrrole nitrogens is 2. The minimum atomic E-state index is 1.22. The van der Waals surface area contributed by atoms with Gasteiger partial charge in [-0.3, -0.25) is 0 Å². The first-order valence-electron chi connectivity index (χ1n) is 7.98. The van der Waals surface area contributed by atoms with Gasteiger partial charge in [-0.25, -0.2) is 0 Å². The maximum Gasteiger partial charge on any atom is 0.0386 e. The fourth-order valence-corrected chi connectivity index (χ4v) is 3.62. The van der Waals surface area contributed by atoms with Crippen molar-refractivity contribution in [2.75, 3.05) is 0 Å². The Balaban J connectivity index is 1.55. The Hall–Kier alpha value is -1.70. The van der Waals surface area contributed by atoms with Gasteiger partial charge in [0.15, 0.2) is 0 Å². The van der Waals surface area contributed by atoms with Gasteiger partial charge in [0.2, 0.25) is 0 Å². The standard InChI is InChI=1S/C18H22N2/c1-3-7-17-13(5-1)11-15(19-17)9-10-16-12-14-6-2-4-8-18(14)20-16/h9-12,19-20H,1-8H2.